The van der Waals surface area contributed by atoms with Gasteiger partial charge in [0.25, 0.3) is 0 Å². The Hall–Kier alpha value is -1.38. The minimum Gasteiger partial charge on any atom is -0.504 e. The monoisotopic (exact) mass is 449 g/mol. The third kappa shape index (κ3) is 3.82. The molecule has 1 aromatic rings. The zero-order valence-corrected chi connectivity index (χ0v) is 19.7. The van der Waals surface area contributed by atoms with Crippen LogP contribution in [0.2, 0.25) is 0 Å². The zero-order chi connectivity index (χ0) is 23.2. The van der Waals surface area contributed by atoms with Gasteiger partial charge in [0.05, 0.1) is 18.8 Å². The van der Waals surface area contributed by atoms with Crippen molar-refractivity contribution < 1.29 is 29.9 Å². The largest absolute Gasteiger partial charge is 0.504 e. The highest BCUT2D eigenvalue weighted by Gasteiger charge is 2.56. The Labute approximate surface area is 191 Å². The van der Waals surface area contributed by atoms with Crippen molar-refractivity contribution in [2.75, 3.05) is 20.2 Å². The fourth-order valence-electron chi connectivity index (χ4n) is 6.57. The van der Waals surface area contributed by atoms with Crippen LogP contribution in [0.4, 0.5) is 0 Å². The summed E-state index contributed by atoms with van der Waals surface area (Å²) in [5.74, 6) is 0.673. The van der Waals surface area contributed by atoms with E-state index in [0.29, 0.717) is 12.0 Å². The second-order valence-corrected chi connectivity index (χ2v) is 10.1. The number of fused-ring (bicyclic) bond motifs is 1. The molecular weight excluding hydrogens is 410 g/mol. The standard InChI is InChI=1S/C25H39NO6/c1-5-16-6-9-21(32-24-20(29)12-17(27)13-31-24)23(30)22(16)25-10-11-26(4)15(3)18(25)7-8-19(28)14(25)2/h6,9,14-15,17-20,24,27-30H,5,7-8,10-13H2,1-4H3. The van der Waals surface area contributed by atoms with Gasteiger partial charge in [-0.25, -0.2) is 0 Å². The van der Waals surface area contributed by atoms with Gasteiger partial charge in [-0.05, 0) is 69.7 Å². The molecule has 0 radical (unpaired) electrons. The molecule has 7 heteroatoms. The molecule has 4 rings (SSSR count). The first kappa shape index (κ1) is 23.8. The molecule has 3 fully saturated rings. The number of aryl methyl sites for hydroxylation is 1. The predicted octanol–water partition coefficient (Wildman–Crippen LogP) is 2.17. The number of piperidine rings is 1. The number of aliphatic hydroxyl groups is 3. The van der Waals surface area contributed by atoms with Crippen molar-refractivity contribution in [2.45, 2.75) is 88.9 Å². The first-order chi connectivity index (χ1) is 15.2. The number of hydrogen-bond acceptors (Lipinski definition) is 7. The van der Waals surface area contributed by atoms with Crippen LogP contribution in [0.15, 0.2) is 12.1 Å². The number of hydrogen-bond donors (Lipinski definition) is 4. The summed E-state index contributed by atoms with van der Waals surface area (Å²) in [5.41, 5.74) is 1.60. The van der Waals surface area contributed by atoms with Gasteiger partial charge in [0.1, 0.15) is 6.10 Å². The Morgan fingerprint density at radius 3 is 2.59 bits per heavy atom. The van der Waals surface area contributed by atoms with Crippen LogP contribution >= 0.6 is 0 Å². The molecule has 7 nitrogen and oxygen atoms in total. The number of likely N-dealkylation sites (tertiary alicyclic amines) is 1. The topological polar surface area (TPSA) is 103 Å². The Morgan fingerprint density at radius 2 is 1.91 bits per heavy atom. The normalized spacial score (nSPS) is 40.7. The van der Waals surface area contributed by atoms with E-state index in [1.165, 1.54) is 0 Å². The fourth-order valence-corrected chi connectivity index (χ4v) is 6.57. The number of rotatable bonds is 4. The summed E-state index contributed by atoms with van der Waals surface area (Å²) in [5, 5.41) is 42.6. The van der Waals surface area contributed by atoms with Crippen molar-refractivity contribution in [3.8, 4) is 11.5 Å². The molecule has 8 unspecified atom stereocenters. The molecule has 180 valence electrons. The number of benzene rings is 1. The van der Waals surface area contributed by atoms with E-state index in [9.17, 15) is 20.4 Å². The van der Waals surface area contributed by atoms with Crippen molar-refractivity contribution in [1.29, 1.82) is 0 Å². The highest BCUT2D eigenvalue weighted by atomic mass is 16.7. The van der Waals surface area contributed by atoms with Gasteiger partial charge < -0.3 is 34.8 Å². The van der Waals surface area contributed by atoms with Gasteiger partial charge in [0.2, 0.25) is 6.29 Å². The van der Waals surface area contributed by atoms with Gasteiger partial charge >= 0.3 is 0 Å². The highest BCUT2D eigenvalue weighted by molar-refractivity contribution is 5.55. The first-order valence-electron chi connectivity index (χ1n) is 12.1. The average molecular weight is 450 g/mol. The Kier molecular flexibility index (Phi) is 6.76. The lowest BCUT2D eigenvalue weighted by molar-refractivity contribution is -0.199. The van der Waals surface area contributed by atoms with E-state index in [1.54, 1.807) is 6.07 Å². The smallest absolute Gasteiger partial charge is 0.226 e. The van der Waals surface area contributed by atoms with Crippen LogP contribution < -0.4 is 4.74 Å². The molecule has 2 heterocycles. The third-order valence-electron chi connectivity index (χ3n) is 8.58. The Morgan fingerprint density at radius 1 is 1.16 bits per heavy atom. The van der Waals surface area contributed by atoms with E-state index in [4.69, 9.17) is 9.47 Å². The molecule has 1 saturated carbocycles. The van der Waals surface area contributed by atoms with Gasteiger partial charge in [-0.1, -0.05) is 19.9 Å². The van der Waals surface area contributed by atoms with E-state index in [0.717, 1.165) is 43.4 Å². The van der Waals surface area contributed by atoms with E-state index in [-0.39, 0.29) is 35.9 Å². The molecule has 1 aliphatic carbocycles. The van der Waals surface area contributed by atoms with Crippen LogP contribution in [0, 0.1) is 11.8 Å². The van der Waals surface area contributed by atoms with Gasteiger partial charge in [-0.3, -0.25) is 0 Å². The molecule has 2 saturated heterocycles. The number of ether oxygens (including phenoxy) is 2. The van der Waals surface area contributed by atoms with Crippen LogP contribution in [-0.4, -0.2) is 76.2 Å². The molecule has 0 aromatic heterocycles. The zero-order valence-electron chi connectivity index (χ0n) is 19.7. The second-order valence-electron chi connectivity index (χ2n) is 10.1. The Balaban J connectivity index is 1.79. The molecule has 4 N–H and O–H groups in total. The molecule has 8 atom stereocenters. The lowest BCUT2D eigenvalue weighted by atomic mass is 9.51. The van der Waals surface area contributed by atoms with Crippen molar-refractivity contribution in [1.82, 2.24) is 4.90 Å². The maximum Gasteiger partial charge on any atom is 0.226 e. The van der Waals surface area contributed by atoms with Gasteiger partial charge in [-0.15, -0.1) is 0 Å². The third-order valence-corrected chi connectivity index (χ3v) is 8.58. The molecule has 1 aromatic carbocycles. The van der Waals surface area contributed by atoms with E-state index < -0.39 is 24.6 Å². The lowest BCUT2D eigenvalue weighted by Crippen LogP contribution is -2.61. The summed E-state index contributed by atoms with van der Waals surface area (Å²) in [7, 11) is 2.15. The fraction of sp³-hybridized carbons (Fsp3) is 0.760. The number of nitrogens with zero attached hydrogens (tertiary/aromatic N) is 1. The molecule has 0 bridgehead atoms. The van der Waals surface area contributed by atoms with E-state index in [1.807, 2.05) is 6.07 Å². The van der Waals surface area contributed by atoms with Crippen LogP contribution in [-0.2, 0) is 16.6 Å². The van der Waals surface area contributed by atoms with Gasteiger partial charge in [0.15, 0.2) is 11.5 Å². The van der Waals surface area contributed by atoms with Crippen molar-refractivity contribution in [2.24, 2.45) is 11.8 Å². The number of aliphatic hydroxyl groups excluding tert-OH is 3. The molecule has 32 heavy (non-hydrogen) atoms. The van der Waals surface area contributed by atoms with E-state index >= 15 is 0 Å². The number of phenols is 1. The van der Waals surface area contributed by atoms with Crippen molar-refractivity contribution >= 4 is 0 Å². The molecular formula is C25H39NO6. The molecule has 0 amide bonds. The summed E-state index contributed by atoms with van der Waals surface area (Å²) >= 11 is 0. The minimum absolute atomic E-state index is 0.00415. The second kappa shape index (κ2) is 9.11. The quantitative estimate of drug-likeness (QED) is 0.559. The highest BCUT2D eigenvalue weighted by Crippen LogP contribution is 2.58. The van der Waals surface area contributed by atoms with Gasteiger partial charge in [-0.2, -0.15) is 0 Å². The minimum atomic E-state index is -0.975. The maximum absolute atomic E-state index is 11.6. The van der Waals surface area contributed by atoms with E-state index in [2.05, 4.69) is 32.7 Å². The summed E-state index contributed by atoms with van der Waals surface area (Å²) in [6.45, 7) is 7.44. The number of aromatic hydroxyl groups is 1. The maximum atomic E-state index is 11.6. The van der Waals surface area contributed by atoms with Crippen molar-refractivity contribution in [3.05, 3.63) is 23.3 Å². The first-order valence-corrected chi connectivity index (χ1v) is 12.1. The van der Waals surface area contributed by atoms with Crippen LogP contribution in [0.5, 0.6) is 11.5 Å². The molecule has 2 aliphatic heterocycles. The van der Waals surface area contributed by atoms with Crippen molar-refractivity contribution in [3.63, 3.8) is 0 Å². The summed E-state index contributed by atoms with van der Waals surface area (Å²) < 4.78 is 11.5. The summed E-state index contributed by atoms with van der Waals surface area (Å²) in [4.78, 5) is 2.38. The lowest BCUT2D eigenvalue weighted by Gasteiger charge is -2.58. The average Bonchev–Trinajstić information content (AvgIpc) is 2.76. The summed E-state index contributed by atoms with van der Waals surface area (Å²) in [6.07, 6.45) is 0.420. The predicted molar refractivity (Wildman–Crippen MR) is 121 cm³/mol. The summed E-state index contributed by atoms with van der Waals surface area (Å²) in [6, 6.07) is 4.07. The number of phenolic OH excluding ortho intramolecular Hbond substituents is 1. The van der Waals surface area contributed by atoms with Crippen LogP contribution in [0.3, 0.4) is 0 Å². The Bertz CT molecular complexity index is 818. The molecule has 3 aliphatic rings. The van der Waals surface area contributed by atoms with Crippen LogP contribution in [0.25, 0.3) is 0 Å². The van der Waals surface area contributed by atoms with Gasteiger partial charge in [0, 0.05) is 23.4 Å². The molecule has 0 spiro atoms. The van der Waals surface area contributed by atoms with Crippen LogP contribution in [0.1, 0.15) is 57.6 Å². The SMILES string of the molecule is CCc1ccc(OC2OCC(O)CC2O)c(O)c1C12CCN(C)C(C)C1CCC(O)C2C.